The molecule has 0 spiro atoms. The molecule has 1 heterocycles. The number of carbonyl (C=O) groups excluding carboxylic acids is 2. The number of hydrogen-bond donors (Lipinski definition) is 2. The minimum absolute atomic E-state index is 0.0476. The van der Waals surface area contributed by atoms with Crippen LogP contribution in [-0.4, -0.2) is 29.7 Å². The molecule has 1 rings (SSSR count). The Morgan fingerprint density at radius 1 is 1.53 bits per heavy atom. The molecule has 0 radical (unpaired) electrons. The van der Waals surface area contributed by atoms with Crippen molar-refractivity contribution in [1.29, 1.82) is 0 Å². The van der Waals surface area contributed by atoms with Crippen LogP contribution in [0.5, 0.6) is 0 Å². The molecule has 2 N–H and O–H groups in total. The summed E-state index contributed by atoms with van der Waals surface area (Å²) in [5.41, 5.74) is -1.05. The van der Waals surface area contributed by atoms with Gasteiger partial charge in [0, 0.05) is 6.54 Å². The van der Waals surface area contributed by atoms with Crippen molar-refractivity contribution in [3.8, 4) is 0 Å². The summed E-state index contributed by atoms with van der Waals surface area (Å²) in [7, 11) is 0. The highest BCUT2D eigenvalue weighted by molar-refractivity contribution is 5.81. The Morgan fingerprint density at radius 2 is 2.13 bits per heavy atom. The number of rotatable bonds is 1. The first kappa shape index (κ1) is 11.8. The van der Waals surface area contributed by atoms with Crippen LogP contribution in [0.15, 0.2) is 0 Å². The average Bonchev–Trinajstić information content (AvgIpc) is 2.25. The van der Waals surface area contributed by atoms with E-state index in [1.54, 1.807) is 20.8 Å². The fourth-order valence-electron chi connectivity index (χ4n) is 1.41. The number of amides is 2. The molecular weight excluding hydrogens is 196 g/mol. The van der Waals surface area contributed by atoms with E-state index in [9.17, 15) is 9.59 Å². The molecule has 2 amide bonds. The lowest BCUT2D eigenvalue weighted by Crippen LogP contribution is -2.49. The molecule has 0 aliphatic carbocycles. The maximum Gasteiger partial charge on any atom is 0.408 e. The van der Waals surface area contributed by atoms with Crippen molar-refractivity contribution in [3.05, 3.63) is 0 Å². The Hall–Kier alpha value is -1.26. The summed E-state index contributed by atoms with van der Waals surface area (Å²) in [6.45, 7) is 7.66. The van der Waals surface area contributed by atoms with E-state index in [-0.39, 0.29) is 5.91 Å². The lowest BCUT2D eigenvalue weighted by atomic mass is 10.0. The molecule has 0 saturated carbocycles. The molecule has 5 nitrogen and oxygen atoms in total. The van der Waals surface area contributed by atoms with Crippen LogP contribution < -0.4 is 10.6 Å². The molecule has 1 aliphatic rings. The Labute approximate surface area is 89.6 Å². The number of nitrogens with one attached hydrogen (secondary N) is 2. The van der Waals surface area contributed by atoms with Crippen molar-refractivity contribution < 1.29 is 14.3 Å². The predicted octanol–water partition coefficient (Wildman–Crippen LogP) is 0.790. The van der Waals surface area contributed by atoms with E-state index in [4.69, 9.17) is 4.74 Å². The van der Waals surface area contributed by atoms with Crippen LogP contribution in [0.4, 0.5) is 4.79 Å². The second-order valence-corrected chi connectivity index (χ2v) is 5.14. The lowest BCUT2D eigenvalue weighted by Gasteiger charge is -2.26. The number of hydrogen-bond acceptors (Lipinski definition) is 3. The highest BCUT2D eigenvalue weighted by Gasteiger charge is 2.36. The molecule has 5 heteroatoms. The van der Waals surface area contributed by atoms with Gasteiger partial charge in [-0.2, -0.15) is 0 Å². The molecule has 1 atom stereocenters. The van der Waals surface area contributed by atoms with Crippen LogP contribution in [0, 0.1) is 0 Å². The molecular formula is C10H18N2O3. The predicted molar refractivity (Wildman–Crippen MR) is 55.4 cm³/mol. The van der Waals surface area contributed by atoms with Gasteiger partial charge < -0.3 is 15.4 Å². The van der Waals surface area contributed by atoms with Crippen molar-refractivity contribution in [2.45, 2.75) is 45.3 Å². The summed E-state index contributed by atoms with van der Waals surface area (Å²) in [6, 6.07) is 0. The third-order valence-corrected chi connectivity index (χ3v) is 2.03. The van der Waals surface area contributed by atoms with Gasteiger partial charge in [-0.05, 0) is 27.7 Å². The number of carbonyl (C=O) groups is 2. The van der Waals surface area contributed by atoms with E-state index in [1.807, 2.05) is 6.92 Å². The minimum Gasteiger partial charge on any atom is -0.444 e. The van der Waals surface area contributed by atoms with E-state index >= 15 is 0 Å². The molecule has 1 saturated heterocycles. The third-order valence-electron chi connectivity index (χ3n) is 2.03. The first-order chi connectivity index (χ1) is 6.70. The Bertz CT molecular complexity index is 283. The molecule has 0 aromatic rings. The van der Waals surface area contributed by atoms with E-state index in [0.29, 0.717) is 13.0 Å². The summed E-state index contributed by atoms with van der Waals surface area (Å²) in [5.74, 6) is -0.0476. The zero-order valence-electron chi connectivity index (χ0n) is 9.64. The fourth-order valence-corrected chi connectivity index (χ4v) is 1.41. The van der Waals surface area contributed by atoms with Gasteiger partial charge in [-0.25, -0.2) is 4.79 Å². The molecule has 15 heavy (non-hydrogen) atoms. The highest BCUT2D eigenvalue weighted by atomic mass is 16.6. The van der Waals surface area contributed by atoms with Crippen molar-refractivity contribution in [3.63, 3.8) is 0 Å². The first-order valence-electron chi connectivity index (χ1n) is 4.98. The molecule has 0 bridgehead atoms. The van der Waals surface area contributed by atoms with E-state index < -0.39 is 17.2 Å². The molecule has 1 aliphatic heterocycles. The Kier molecular flexibility index (Phi) is 2.93. The highest BCUT2D eigenvalue weighted by Crippen LogP contribution is 2.15. The summed E-state index contributed by atoms with van der Waals surface area (Å²) >= 11 is 0. The minimum atomic E-state index is -0.528. The smallest absolute Gasteiger partial charge is 0.408 e. The van der Waals surface area contributed by atoms with Crippen LogP contribution in [0.1, 0.15) is 34.1 Å². The summed E-state index contributed by atoms with van der Waals surface area (Å²) < 4.78 is 5.11. The van der Waals surface area contributed by atoms with Crippen LogP contribution in [0.3, 0.4) is 0 Å². The van der Waals surface area contributed by atoms with Gasteiger partial charge in [0.2, 0.25) is 5.91 Å². The zero-order chi connectivity index (χ0) is 11.7. The fraction of sp³-hybridized carbons (Fsp3) is 0.800. The molecule has 86 valence electrons. The van der Waals surface area contributed by atoms with Gasteiger partial charge in [0.1, 0.15) is 5.60 Å². The monoisotopic (exact) mass is 214 g/mol. The van der Waals surface area contributed by atoms with Gasteiger partial charge >= 0.3 is 6.09 Å². The standard InChI is InChI=1S/C10H18N2O3/c1-9(2,3)15-8(14)12-10(4)5-7(13)11-6-10/h5-6H2,1-4H3,(H,11,13)(H,12,14). The molecule has 1 unspecified atom stereocenters. The van der Waals surface area contributed by atoms with Gasteiger partial charge in [0.15, 0.2) is 0 Å². The van der Waals surface area contributed by atoms with Crippen molar-refractivity contribution in [1.82, 2.24) is 10.6 Å². The van der Waals surface area contributed by atoms with Crippen LogP contribution in [0.2, 0.25) is 0 Å². The molecule has 0 aromatic heterocycles. The largest absolute Gasteiger partial charge is 0.444 e. The molecule has 1 fully saturated rings. The number of alkyl carbamates (subject to hydrolysis) is 1. The van der Waals surface area contributed by atoms with E-state index in [1.165, 1.54) is 0 Å². The summed E-state index contributed by atoms with van der Waals surface area (Å²) in [5, 5.41) is 5.37. The maximum atomic E-state index is 11.5. The lowest BCUT2D eigenvalue weighted by molar-refractivity contribution is -0.119. The van der Waals surface area contributed by atoms with E-state index in [2.05, 4.69) is 10.6 Å². The second kappa shape index (κ2) is 3.72. The Balaban J connectivity index is 2.48. The average molecular weight is 214 g/mol. The van der Waals surface area contributed by atoms with Gasteiger partial charge in [-0.3, -0.25) is 4.79 Å². The quantitative estimate of drug-likeness (QED) is 0.678. The first-order valence-corrected chi connectivity index (χ1v) is 4.98. The van der Waals surface area contributed by atoms with Crippen LogP contribution in [0.25, 0.3) is 0 Å². The maximum absolute atomic E-state index is 11.5. The summed E-state index contributed by atoms with van der Waals surface area (Å²) in [6.07, 6.45) is -0.187. The van der Waals surface area contributed by atoms with Crippen molar-refractivity contribution >= 4 is 12.0 Å². The van der Waals surface area contributed by atoms with Crippen LogP contribution in [-0.2, 0) is 9.53 Å². The van der Waals surface area contributed by atoms with Crippen molar-refractivity contribution in [2.75, 3.05) is 6.54 Å². The van der Waals surface area contributed by atoms with Crippen molar-refractivity contribution in [2.24, 2.45) is 0 Å². The molecule has 0 aromatic carbocycles. The van der Waals surface area contributed by atoms with Gasteiger partial charge in [-0.1, -0.05) is 0 Å². The van der Waals surface area contributed by atoms with Crippen LogP contribution >= 0.6 is 0 Å². The zero-order valence-corrected chi connectivity index (χ0v) is 9.64. The normalized spacial score (nSPS) is 26.0. The summed E-state index contributed by atoms with van der Waals surface area (Å²) in [4.78, 5) is 22.5. The van der Waals surface area contributed by atoms with Gasteiger partial charge in [-0.15, -0.1) is 0 Å². The van der Waals surface area contributed by atoms with Gasteiger partial charge in [0.05, 0.1) is 12.0 Å². The Morgan fingerprint density at radius 3 is 2.53 bits per heavy atom. The number of ether oxygens (including phenoxy) is 1. The SMILES string of the molecule is CC1(NC(=O)OC(C)(C)C)CNC(=O)C1. The van der Waals surface area contributed by atoms with E-state index in [0.717, 1.165) is 0 Å². The third kappa shape index (κ3) is 3.77. The van der Waals surface area contributed by atoms with Gasteiger partial charge in [0.25, 0.3) is 0 Å². The second-order valence-electron chi connectivity index (χ2n) is 5.14. The topological polar surface area (TPSA) is 67.4 Å².